The van der Waals surface area contributed by atoms with E-state index in [4.69, 9.17) is 4.98 Å². The predicted molar refractivity (Wildman–Crippen MR) is 221 cm³/mol. The van der Waals surface area contributed by atoms with Crippen molar-refractivity contribution in [1.82, 2.24) is 4.98 Å². The van der Waals surface area contributed by atoms with Crippen LogP contribution >= 0.6 is 0 Å². The van der Waals surface area contributed by atoms with Crippen LogP contribution in [0, 0.1) is 0 Å². The van der Waals surface area contributed by atoms with Crippen molar-refractivity contribution in [3.63, 3.8) is 0 Å². The highest BCUT2D eigenvalue weighted by atomic mass is 14.7. The summed E-state index contributed by atoms with van der Waals surface area (Å²) in [5.74, 6) is 0. The van der Waals surface area contributed by atoms with Crippen molar-refractivity contribution in [1.29, 1.82) is 0 Å². The first-order chi connectivity index (χ1) is 26.8. The molecule has 3 aliphatic rings. The Balaban J connectivity index is 1.17. The monoisotopic (exact) mass is 683 g/mol. The van der Waals surface area contributed by atoms with Crippen molar-refractivity contribution >= 4 is 10.9 Å². The van der Waals surface area contributed by atoms with Crippen LogP contribution in [0.4, 0.5) is 0 Å². The lowest BCUT2D eigenvalue weighted by Crippen LogP contribution is -2.43. The standard InChI is InChI=1S/C53H33N/c1-3-16-34(17-4-1)41-33-50(54-49-29-14-9-22-39(41)49)35-30-31-45-42(32-35)38-21-8-11-25-44(38)53(45)47-27-13-12-26-46(47)52(36-18-5-2-6-19-36)43-24-10-7-20-37(43)40-23-15-28-48(53)51(40)52/h1-33H. The van der Waals surface area contributed by atoms with Crippen LogP contribution in [0.3, 0.4) is 0 Å². The van der Waals surface area contributed by atoms with Gasteiger partial charge in [0.1, 0.15) is 0 Å². The molecular formula is C53H33N. The topological polar surface area (TPSA) is 12.9 Å². The maximum absolute atomic E-state index is 5.28. The summed E-state index contributed by atoms with van der Waals surface area (Å²) in [6, 6.07) is 74.4. The highest BCUT2D eigenvalue weighted by Crippen LogP contribution is 2.68. The van der Waals surface area contributed by atoms with E-state index >= 15 is 0 Å². The van der Waals surface area contributed by atoms with E-state index < -0.39 is 10.8 Å². The molecule has 1 nitrogen and oxygen atoms in total. The Morgan fingerprint density at radius 1 is 0.315 bits per heavy atom. The van der Waals surface area contributed by atoms with Gasteiger partial charge in [-0.15, -0.1) is 0 Å². The van der Waals surface area contributed by atoms with Crippen molar-refractivity contribution in [3.8, 4) is 44.6 Å². The molecule has 0 aliphatic heterocycles. The number of pyridine rings is 1. The molecule has 54 heavy (non-hydrogen) atoms. The van der Waals surface area contributed by atoms with Crippen LogP contribution in [0.2, 0.25) is 0 Å². The molecule has 0 fully saturated rings. The summed E-state index contributed by atoms with van der Waals surface area (Å²) in [6.45, 7) is 0. The largest absolute Gasteiger partial charge is 0.248 e. The van der Waals surface area contributed by atoms with Gasteiger partial charge in [-0.1, -0.05) is 182 Å². The number of fused-ring (bicyclic) bond motifs is 13. The summed E-state index contributed by atoms with van der Waals surface area (Å²) in [5.41, 5.74) is 20.6. The second-order valence-electron chi connectivity index (χ2n) is 14.9. The Morgan fingerprint density at radius 2 is 0.870 bits per heavy atom. The second-order valence-corrected chi connectivity index (χ2v) is 14.9. The molecule has 12 rings (SSSR count). The molecule has 0 amide bonds. The maximum atomic E-state index is 5.28. The van der Waals surface area contributed by atoms with E-state index in [9.17, 15) is 0 Å². The lowest BCUT2D eigenvalue weighted by molar-refractivity contribution is 0.636. The fourth-order valence-corrected chi connectivity index (χ4v) is 10.6. The third kappa shape index (κ3) is 3.61. The zero-order chi connectivity index (χ0) is 35.4. The van der Waals surface area contributed by atoms with E-state index in [0.717, 1.165) is 22.2 Å². The first-order valence-corrected chi connectivity index (χ1v) is 18.9. The molecule has 0 saturated heterocycles. The van der Waals surface area contributed by atoms with Crippen molar-refractivity contribution in [2.24, 2.45) is 0 Å². The molecule has 250 valence electrons. The van der Waals surface area contributed by atoms with Crippen molar-refractivity contribution in [3.05, 3.63) is 245 Å². The normalized spacial score (nSPS) is 18.1. The second kappa shape index (κ2) is 10.9. The summed E-state index contributed by atoms with van der Waals surface area (Å²) in [4.78, 5) is 5.28. The van der Waals surface area contributed by atoms with Crippen LogP contribution in [0.25, 0.3) is 55.5 Å². The Bertz CT molecular complexity index is 3000. The van der Waals surface area contributed by atoms with Crippen molar-refractivity contribution < 1.29 is 0 Å². The van der Waals surface area contributed by atoms with Gasteiger partial charge in [0.15, 0.2) is 0 Å². The number of para-hydroxylation sites is 1. The van der Waals surface area contributed by atoms with Crippen LogP contribution in [0.15, 0.2) is 200 Å². The van der Waals surface area contributed by atoms with Crippen LogP contribution in [-0.2, 0) is 10.8 Å². The SMILES string of the molecule is c1ccc(-c2cc(-c3ccc4c(c3)-c3ccccc3C43c4ccccc4C4(c5ccccc5)c5ccccc5-c5cccc3c54)nc3ccccc23)cc1. The summed E-state index contributed by atoms with van der Waals surface area (Å²) in [5, 5.41) is 1.16. The molecular weight excluding hydrogens is 651 g/mol. The van der Waals surface area contributed by atoms with Gasteiger partial charge in [0.2, 0.25) is 0 Å². The van der Waals surface area contributed by atoms with Crippen LogP contribution in [-0.4, -0.2) is 4.98 Å². The summed E-state index contributed by atoms with van der Waals surface area (Å²) >= 11 is 0. The number of nitrogens with zero attached hydrogens (tertiary/aromatic N) is 1. The Morgan fingerprint density at radius 3 is 1.65 bits per heavy atom. The highest BCUT2D eigenvalue weighted by Gasteiger charge is 2.59. The first kappa shape index (κ1) is 29.7. The zero-order valence-corrected chi connectivity index (χ0v) is 29.5. The molecule has 8 aromatic carbocycles. The van der Waals surface area contributed by atoms with E-state index in [1.807, 2.05) is 0 Å². The molecule has 2 unspecified atom stereocenters. The van der Waals surface area contributed by atoms with Gasteiger partial charge in [0.25, 0.3) is 0 Å². The van der Waals surface area contributed by atoms with Crippen LogP contribution in [0.5, 0.6) is 0 Å². The molecule has 1 spiro atoms. The molecule has 0 saturated carbocycles. The van der Waals surface area contributed by atoms with Gasteiger partial charge < -0.3 is 0 Å². The average molecular weight is 684 g/mol. The van der Waals surface area contributed by atoms with E-state index in [0.29, 0.717) is 0 Å². The van der Waals surface area contributed by atoms with Crippen LogP contribution < -0.4 is 0 Å². The molecule has 1 heteroatoms. The average Bonchev–Trinajstić information content (AvgIpc) is 3.72. The minimum atomic E-state index is -0.501. The van der Waals surface area contributed by atoms with Gasteiger partial charge in [0.05, 0.1) is 22.0 Å². The number of aromatic nitrogens is 1. The van der Waals surface area contributed by atoms with Gasteiger partial charge in [-0.05, 0) is 96.1 Å². The van der Waals surface area contributed by atoms with Crippen LogP contribution in [0.1, 0.15) is 44.5 Å². The Labute approximate surface area is 314 Å². The van der Waals surface area contributed by atoms with Gasteiger partial charge in [0, 0.05) is 10.9 Å². The summed E-state index contributed by atoms with van der Waals surface area (Å²) < 4.78 is 0. The minimum absolute atomic E-state index is 0.438. The molecule has 1 aromatic heterocycles. The molecule has 3 aliphatic carbocycles. The minimum Gasteiger partial charge on any atom is -0.248 e. The lowest BCUT2D eigenvalue weighted by Gasteiger charge is -2.48. The number of hydrogen-bond donors (Lipinski definition) is 0. The Kier molecular flexibility index (Phi) is 5.97. The number of hydrogen-bond acceptors (Lipinski definition) is 1. The first-order valence-electron chi connectivity index (χ1n) is 18.9. The van der Waals surface area contributed by atoms with E-state index in [1.165, 1.54) is 77.9 Å². The highest BCUT2D eigenvalue weighted by molar-refractivity contribution is 5.99. The lowest BCUT2D eigenvalue weighted by atomic mass is 9.52. The Hall–Kier alpha value is -6.83. The number of benzene rings is 8. The number of rotatable bonds is 3. The predicted octanol–water partition coefficient (Wildman–Crippen LogP) is 12.6. The zero-order valence-electron chi connectivity index (χ0n) is 29.5. The molecule has 1 heterocycles. The molecule has 0 bridgehead atoms. The molecule has 0 radical (unpaired) electrons. The van der Waals surface area contributed by atoms with E-state index in [-0.39, 0.29) is 0 Å². The van der Waals surface area contributed by atoms with Gasteiger partial charge in [-0.2, -0.15) is 0 Å². The third-order valence-corrected chi connectivity index (χ3v) is 12.5. The summed E-state index contributed by atoms with van der Waals surface area (Å²) in [7, 11) is 0. The van der Waals surface area contributed by atoms with E-state index in [2.05, 4.69) is 200 Å². The van der Waals surface area contributed by atoms with E-state index in [1.54, 1.807) is 0 Å². The summed E-state index contributed by atoms with van der Waals surface area (Å²) in [6.07, 6.45) is 0. The van der Waals surface area contributed by atoms with Gasteiger partial charge in [-0.25, -0.2) is 4.98 Å². The maximum Gasteiger partial charge on any atom is 0.0720 e. The molecule has 9 aromatic rings. The third-order valence-electron chi connectivity index (χ3n) is 12.5. The molecule has 0 N–H and O–H groups in total. The quantitative estimate of drug-likeness (QED) is 0.181. The fourth-order valence-electron chi connectivity index (χ4n) is 10.6. The van der Waals surface area contributed by atoms with Crippen molar-refractivity contribution in [2.75, 3.05) is 0 Å². The fraction of sp³-hybridized carbons (Fsp3) is 0.0377. The van der Waals surface area contributed by atoms with Gasteiger partial charge in [-0.3, -0.25) is 0 Å². The van der Waals surface area contributed by atoms with Gasteiger partial charge >= 0.3 is 0 Å². The molecule has 2 atom stereocenters. The van der Waals surface area contributed by atoms with Crippen molar-refractivity contribution in [2.45, 2.75) is 10.8 Å². The smallest absolute Gasteiger partial charge is 0.0720 e.